The summed E-state index contributed by atoms with van der Waals surface area (Å²) in [5, 5.41) is 8.57. The van der Waals surface area contributed by atoms with E-state index in [0.29, 0.717) is 30.3 Å². The average molecular weight is 282 g/mol. The molecule has 0 aliphatic carbocycles. The molecule has 1 aromatic rings. The van der Waals surface area contributed by atoms with Gasteiger partial charge in [0, 0.05) is 13.2 Å². The van der Waals surface area contributed by atoms with Gasteiger partial charge in [0.15, 0.2) is 18.3 Å². The van der Waals surface area contributed by atoms with Crippen molar-refractivity contribution in [2.24, 2.45) is 0 Å². The first kappa shape index (κ1) is 16.0. The highest BCUT2D eigenvalue weighted by molar-refractivity contribution is 5.85. The van der Waals surface area contributed by atoms with Crippen molar-refractivity contribution in [3.05, 3.63) is 29.8 Å². The summed E-state index contributed by atoms with van der Waals surface area (Å²) < 4.78 is 20.6. The van der Waals surface area contributed by atoms with Gasteiger partial charge in [-0.25, -0.2) is 4.79 Å². The van der Waals surface area contributed by atoms with Gasteiger partial charge >= 0.3 is 5.97 Å². The monoisotopic (exact) mass is 282 g/mol. The number of rotatable bonds is 9. The molecule has 0 bridgehead atoms. The lowest BCUT2D eigenvalue weighted by atomic mass is 10.2. The SMILES string of the molecule is COCCOCOc1ccc(C=CC(=O)O)cc1OC. The van der Waals surface area contributed by atoms with E-state index < -0.39 is 5.97 Å². The van der Waals surface area contributed by atoms with Crippen molar-refractivity contribution in [2.45, 2.75) is 0 Å². The molecule has 0 radical (unpaired) electrons. The minimum absolute atomic E-state index is 0.0873. The molecule has 0 spiro atoms. The van der Waals surface area contributed by atoms with Gasteiger partial charge in [0.05, 0.1) is 20.3 Å². The number of carbonyl (C=O) groups is 1. The minimum Gasteiger partial charge on any atom is -0.493 e. The van der Waals surface area contributed by atoms with Gasteiger partial charge in [-0.1, -0.05) is 6.07 Å². The van der Waals surface area contributed by atoms with Crippen LogP contribution in [0.2, 0.25) is 0 Å². The summed E-state index contributed by atoms with van der Waals surface area (Å²) in [5.74, 6) is 0.0288. The van der Waals surface area contributed by atoms with E-state index in [1.165, 1.54) is 13.2 Å². The number of hydrogen-bond donors (Lipinski definition) is 1. The van der Waals surface area contributed by atoms with Gasteiger partial charge in [0.1, 0.15) is 0 Å². The zero-order valence-electron chi connectivity index (χ0n) is 11.5. The quantitative estimate of drug-likeness (QED) is 0.423. The molecule has 0 aliphatic heterocycles. The molecule has 0 aromatic heterocycles. The summed E-state index contributed by atoms with van der Waals surface area (Å²) in [6.07, 6.45) is 2.53. The molecular formula is C14H18O6. The van der Waals surface area contributed by atoms with Crippen LogP contribution < -0.4 is 9.47 Å². The highest BCUT2D eigenvalue weighted by atomic mass is 16.7. The minimum atomic E-state index is -1.00. The Hall–Kier alpha value is -2.05. The standard InChI is InChI=1S/C14H18O6/c1-17-7-8-19-10-20-12-5-3-11(4-6-14(15)16)9-13(12)18-2/h3-6,9H,7-8,10H2,1-2H3,(H,15,16). The van der Waals surface area contributed by atoms with E-state index in [0.717, 1.165) is 6.08 Å². The Labute approximate surface area is 117 Å². The fraction of sp³-hybridized carbons (Fsp3) is 0.357. The summed E-state index contributed by atoms with van der Waals surface area (Å²) in [6, 6.07) is 5.11. The number of methoxy groups -OCH3 is 2. The third-order valence-corrected chi connectivity index (χ3v) is 2.34. The first-order valence-corrected chi connectivity index (χ1v) is 5.96. The molecule has 20 heavy (non-hydrogen) atoms. The Morgan fingerprint density at radius 1 is 1.25 bits per heavy atom. The molecule has 1 rings (SSSR count). The molecule has 0 saturated heterocycles. The van der Waals surface area contributed by atoms with Gasteiger partial charge in [-0.15, -0.1) is 0 Å². The van der Waals surface area contributed by atoms with E-state index >= 15 is 0 Å². The Bertz CT molecular complexity index is 455. The topological polar surface area (TPSA) is 74.2 Å². The van der Waals surface area contributed by atoms with E-state index in [1.54, 1.807) is 25.3 Å². The van der Waals surface area contributed by atoms with Gasteiger partial charge in [-0.3, -0.25) is 0 Å². The van der Waals surface area contributed by atoms with Crippen molar-refractivity contribution in [2.75, 3.05) is 34.2 Å². The number of carboxylic acids is 1. The maximum Gasteiger partial charge on any atom is 0.328 e. The number of hydrogen-bond acceptors (Lipinski definition) is 5. The maximum absolute atomic E-state index is 10.5. The maximum atomic E-state index is 10.5. The number of ether oxygens (including phenoxy) is 4. The summed E-state index contributed by atoms with van der Waals surface area (Å²) in [4.78, 5) is 10.5. The molecule has 0 fully saturated rings. The largest absolute Gasteiger partial charge is 0.493 e. The number of benzene rings is 1. The van der Waals surface area contributed by atoms with Gasteiger partial charge in [-0.05, 0) is 23.8 Å². The average Bonchev–Trinajstić information content (AvgIpc) is 2.45. The molecule has 0 aliphatic rings. The first-order chi connectivity index (χ1) is 9.67. The van der Waals surface area contributed by atoms with Gasteiger partial charge in [-0.2, -0.15) is 0 Å². The predicted octanol–water partition coefficient (Wildman–Crippen LogP) is 1.79. The Morgan fingerprint density at radius 2 is 2.05 bits per heavy atom. The van der Waals surface area contributed by atoms with Crippen LogP contribution in [0, 0.1) is 0 Å². The van der Waals surface area contributed by atoms with E-state index in [-0.39, 0.29) is 6.79 Å². The fourth-order valence-electron chi connectivity index (χ4n) is 1.38. The van der Waals surface area contributed by atoms with Crippen LogP contribution >= 0.6 is 0 Å². The van der Waals surface area contributed by atoms with Crippen LogP contribution in [0.1, 0.15) is 5.56 Å². The molecule has 6 nitrogen and oxygen atoms in total. The fourth-order valence-corrected chi connectivity index (χ4v) is 1.38. The van der Waals surface area contributed by atoms with E-state index in [4.69, 9.17) is 24.1 Å². The Kier molecular flexibility index (Phi) is 7.16. The van der Waals surface area contributed by atoms with Crippen LogP contribution in [0.15, 0.2) is 24.3 Å². The van der Waals surface area contributed by atoms with Crippen molar-refractivity contribution >= 4 is 12.0 Å². The van der Waals surface area contributed by atoms with Crippen molar-refractivity contribution < 1.29 is 28.8 Å². The van der Waals surface area contributed by atoms with Gasteiger partial charge < -0.3 is 24.1 Å². The molecule has 0 heterocycles. The van der Waals surface area contributed by atoms with Crippen molar-refractivity contribution in [3.63, 3.8) is 0 Å². The van der Waals surface area contributed by atoms with Crippen LogP contribution in [0.25, 0.3) is 6.08 Å². The normalized spacial score (nSPS) is 10.7. The summed E-state index contributed by atoms with van der Waals surface area (Å²) in [7, 11) is 3.11. The second-order valence-electron chi connectivity index (χ2n) is 3.75. The first-order valence-electron chi connectivity index (χ1n) is 5.96. The third-order valence-electron chi connectivity index (χ3n) is 2.34. The van der Waals surface area contributed by atoms with Crippen molar-refractivity contribution in [3.8, 4) is 11.5 Å². The van der Waals surface area contributed by atoms with Crippen LogP contribution in [-0.4, -0.2) is 45.3 Å². The van der Waals surface area contributed by atoms with Crippen molar-refractivity contribution in [1.29, 1.82) is 0 Å². The van der Waals surface area contributed by atoms with E-state index in [2.05, 4.69) is 0 Å². The second-order valence-corrected chi connectivity index (χ2v) is 3.75. The lowest BCUT2D eigenvalue weighted by molar-refractivity contribution is -0.131. The van der Waals surface area contributed by atoms with E-state index in [1.807, 2.05) is 0 Å². The molecule has 6 heteroatoms. The van der Waals surface area contributed by atoms with Gasteiger partial charge in [0.25, 0.3) is 0 Å². The van der Waals surface area contributed by atoms with Crippen LogP contribution in [0.3, 0.4) is 0 Å². The molecule has 0 atom stereocenters. The van der Waals surface area contributed by atoms with Crippen LogP contribution in [0.4, 0.5) is 0 Å². The molecule has 0 unspecified atom stereocenters. The molecular weight excluding hydrogens is 264 g/mol. The summed E-state index contributed by atoms with van der Waals surface area (Å²) >= 11 is 0. The molecule has 0 saturated carbocycles. The summed E-state index contributed by atoms with van der Waals surface area (Å²) in [6.45, 7) is 1.03. The number of carboxylic acid groups (broad SMARTS) is 1. The van der Waals surface area contributed by atoms with Gasteiger partial charge in [0.2, 0.25) is 0 Å². The highest BCUT2D eigenvalue weighted by Gasteiger charge is 2.05. The number of aliphatic carboxylic acids is 1. The highest BCUT2D eigenvalue weighted by Crippen LogP contribution is 2.28. The molecule has 1 N–H and O–H groups in total. The lowest BCUT2D eigenvalue weighted by Crippen LogP contribution is -2.08. The zero-order valence-corrected chi connectivity index (χ0v) is 11.5. The van der Waals surface area contributed by atoms with Crippen molar-refractivity contribution in [1.82, 2.24) is 0 Å². The predicted molar refractivity (Wildman–Crippen MR) is 73.0 cm³/mol. The van der Waals surface area contributed by atoms with E-state index in [9.17, 15) is 4.79 Å². The molecule has 1 aromatic carbocycles. The Balaban J connectivity index is 2.61. The lowest BCUT2D eigenvalue weighted by Gasteiger charge is -2.11. The second kappa shape index (κ2) is 8.95. The smallest absolute Gasteiger partial charge is 0.328 e. The third kappa shape index (κ3) is 5.73. The van der Waals surface area contributed by atoms with Crippen LogP contribution in [-0.2, 0) is 14.3 Å². The Morgan fingerprint density at radius 3 is 2.70 bits per heavy atom. The zero-order chi connectivity index (χ0) is 14.8. The van der Waals surface area contributed by atoms with Crippen LogP contribution in [0.5, 0.6) is 11.5 Å². The summed E-state index contributed by atoms with van der Waals surface area (Å²) in [5.41, 5.74) is 0.705. The molecule has 110 valence electrons. The molecule has 0 amide bonds.